The van der Waals surface area contributed by atoms with E-state index in [1.165, 1.54) is 0 Å². The molecule has 2 heterocycles. The summed E-state index contributed by atoms with van der Waals surface area (Å²) in [5.74, 6) is 3.02. The van der Waals surface area contributed by atoms with Crippen molar-refractivity contribution in [3.05, 3.63) is 11.6 Å². The van der Waals surface area contributed by atoms with Crippen LogP contribution in [-0.4, -0.2) is 39.2 Å². The number of hydrogen-bond donors (Lipinski definition) is 1. The van der Waals surface area contributed by atoms with Crippen molar-refractivity contribution >= 4 is 5.91 Å². The van der Waals surface area contributed by atoms with E-state index in [0.29, 0.717) is 12.5 Å². The lowest BCUT2D eigenvalue weighted by Gasteiger charge is -2.29. The van der Waals surface area contributed by atoms with Gasteiger partial charge in [0, 0.05) is 25.9 Å². The van der Waals surface area contributed by atoms with Crippen LogP contribution in [0.15, 0.2) is 0 Å². The third-order valence-electron chi connectivity index (χ3n) is 4.97. The van der Waals surface area contributed by atoms with Crippen LogP contribution in [0.5, 0.6) is 0 Å². The zero-order chi connectivity index (χ0) is 14.8. The highest BCUT2D eigenvalue weighted by Crippen LogP contribution is 2.29. The van der Waals surface area contributed by atoms with Gasteiger partial charge in [-0.25, -0.2) is 0 Å². The van der Waals surface area contributed by atoms with Crippen LogP contribution in [0.3, 0.4) is 0 Å². The van der Waals surface area contributed by atoms with Gasteiger partial charge >= 0.3 is 0 Å². The minimum Gasteiger partial charge on any atom is -0.338 e. The molecule has 1 fully saturated rings. The Hall–Kier alpha value is -1.43. The zero-order valence-electron chi connectivity index (χ0n) is 12.8. The fourth-order valence-electron chi connectivity index (χ4n) is 3.57. The standard InChI is InChI=1S/C15H25N5O/c1-19(10-14-18-17-13-3-2-8-20(13)14)15(21)12-6-4-11(9-16)5-7-12/h11-12H,2-10,16H2,1H3. The summed E-state index contributed by atoms with van der Waals surface area (Å²) in [5.41, 5.74) is 5.71. The Kier molecular flexibility index (Phi) is 4.24. The first kappa shape index (κ1) is 14.5. The van der Waals surface area contributed by atoms with E-state index in [9.17, 15) is 4.79 Å². The maximum absolute atomic E-state index is 12.6. The molecule has 0 spiro atoms. The summed E-state index contributed by atoms with van der Waals surface area (Å²) >= 11 is 0. The average Bonchev–Trinajstić information content (AvgIpc) is 3.11. The molecular formula is C15H25N5O. The molecule has 1 amide bonds. The normalized spacial score (nSPS) is 24.9. The van der Waals surface area contributed by atoms with Gasteiger partial charge < -0.3 is 15.2 Å². The minimum atomic E-state index is 0.166. The van der Waals surface area contributed by atoms with Crippen LogP contribution in [0, 0.1) is 11.8 Å². The molecule has 1 aromatic rings. The van der Waals surface area contributed by atoms with Crippen LogP contribution >= 0.6 is 0 Å². The van der Waals surface area contributed by atoms with E-state index >= 15 is 0 Å². The summed E-state index contributed by atoms with van der Waals surface area (Å²) < 4.78 is 2.16. The number of nitrogens with two attached hydrogens (primary N) is 1. The molecule has 0 bridgehead atoms. The molecule has 2 N–H and O–H groups in total. The molecule has 116 valence electrons. The molecule has 2 aliphatic rings. The number of aromatic nitrogens is 3. The highest BCUT2D eigenvalue weighted by atomic mass is 16.2. The van der Waals surface area contributed by atoms with Crippen molar-refractivity contribution in [2.45, 2.75) is 51.6 Å². The van der Waals surface area contributed by atoms with Crippen molar-refractivity contribution in [2.24, 2.45) is 17.6 Å². The Labute approximate surface area is 125 Å². The second-order valence-electron chi connectivity index (χ2n) is 6.44. The summed E-state index contributed by atoms with van der Waals surface area (Å²) in [7, 11) is 1.88. The van der Waals surface area contributed by atoms with Gasteiger partial charge in [0.25, 0.3) is 0 Å². The van der Waals surface area contributed by atoms with Gasteiger partial charge in [-0.1, -0.05) is 0 Å². The van der Waals surface area contributed by atoms with E-state index in [1.807, 2.05) is 11.9 Å². The van der Waals surface area contributed by atoms with Gasteiger partial charge in [-0.15, -0.1) is 10.2 Å². The Bertz CT molecular complexity index is 504. The zero-order valence-corrected chi connectivity index (χ0v) is 12.8. The van der Waals surface area contributed by atoms with Crippen molar-refractivity contribution in [3.8, 4) is 0 Å². The van der Waals surface area contributed by atoms with Crippen LogP contribution in [0.2, 0.25) is 0 Å². The van der Waals surface area contributed by atoms with Crippen LogP contribution in [0.1, 0.15) is 43.8 Å². The minimum absolute atomic E-state index is 0.166. The molecule has 0 radical (unpaired) electrons. The summed E-state index contributed by atoms with van der Waals surface area (Å²) in [5, 5.41) is 8.44. The molecular weight excluding hydrogens is 266 g/mol. The summed E-state index contributed by atoms with van der Waals surface area (Å²) in [6.45, 7) is 2.31. The van der Waals surface area contributed by atoms with Crippen molar-refractivity contribution < 1.29 is 4.79 Å². The first-order chi connectivity index (χ1) is 10.2. The van der Waals surface area contributed by atoms with Gasteiger partial charge in [0.1, 0.15) is 5.82 Å². The molecule has 6 nitrogen and oxygen atoms in total. The van der Waals surface area contributed by atoms with Crippen LogP contribution in [0.4, 0.5) is 0 Å². The van der Waals surface area contributed by atoms with E-state index < -0.39 is 0 Å². The SMILES string of the molecule is CN(Cc1nnc2n1CCC2)C(=O)C1CCC(CN)CC1. The van der Waals surface area contributed by atoms with Crippen molar-refractivity contribution in [2.75, 3.05) is 13.6 Å². The Balaban J connectivity index is 1.57. The van der Waals surface area contributed by atoms with E-state index in [-0.39, 0.29) is 11.8 Å². The third kappa shape index (κ3) is 2.95. The smallest absolute Gasteiger partial charge is 0.225 e. The molecule has 1 aliphatic heterocycles. The molecule has 0 unspecified atom stereocenters. The van der Waals surface area contributed by atoms with E-state index in [4.69, 9.17) is 5.73 Å². The maximum Gasteiger partial charge on any atom is 0.225 e. The fraction of sp³-hybridized carbons (Fsp3) is 0.800. The predicted molar refractivity (Wildman–Crippen MR) is 79.3 cm³/mol. The number of carbonyl (C=O) groups is 1. The van der Waals surface area contributed by atoms with Crippen LogP contribution in [-0.2, 0) is 24.3 Å². The monoisotopic (exact) mass is 291 g/mol. The number of aryl methyl sites for hydroxylation is 1. The van der Waals surface area contributed by atoms with Crippen molar-refractivity contribution in [3.63, 3.8) is 0 Å². The fourth-order valence-corrected chi connectivity index (χ4v) is 3.57. The Morgan fingerprint density at radius 2 is 2.10 bits per heavy atom. The Morgan fingerprint density at radius 3 is 2.81 bits per heavy atom. The topological polar surface area (TPSA) is 77.0 Å². The number of fused-ring (bicyclic) bond motifs is 1. The number of carbonyl (C=O) groups excluding carboxylic acids is 1. The lowest BCUT2D eigenvalue weighted by Crippen LogP contribution is -2.36. The quantitative estimate of drug-likeness (QED) is 0.896. The second-order valence-corrected chi connectivity index (χ2v) is 6.44. The summed E-state index contributed by atoms with van der Waals surface area (Å²) in [4.78, 5) is 14.4. The molecule has 1 aliphatic carbocycles. The number of nitrogens with zero attached hydrogens (tertiary/aromatic N) is 4. The number of hydrogen-bond acceptors (Lipinski definition) is 4. The maximum atomic E-state index is 12.6. The molecule has 1 saturated carbocycles. The van der Waals surface area contributed by atoms with E-state index in [2.05, 4.69) is 14.8 Å². The van der Waals surface area contributed by atoms with Crippen LogP contribution < -0.4 is 5.73 Å². The molecule has 0 atom stereocenters. The van der Waals surface area contributed by atoms with Crippen molar-refractivity contribution in [1.82, 2.24) is 19.7 Å². The Morgan fingerprint density at radius 1 is 1.33 bits per heavy atom. The third-order valence-corrected chi connectivity index (χ3v) is 4.97. The lowest BCUT2D eigenvalue weighted by molar-refractivity contribution is -0.136. The summed E-state index contributed by atoms with van der Waals surface area (Å²) in [6.07, 6.45) is 6.26. The number of amides is 1. The highest BCUT2D eigenvalue weighted by molar-refractivity contribution is 5.78. The molecule has 6 heteroatoms. The molecule has 0 saturated heterocycles. The molecule has 3 rings (SSSR count). The lowest BCUT2D eigenvalue weighted by atomic mass is 9.81. The first-order valence-corrected chi connectivity index (χ1v) is 8.05. The van der Waals surface area contributed by atoms with Gasteiger partial charge in [0.05, 0.1) is 6.54 Å². The predicted octanol–water partition coefficient (Wildman–Crippen LogP) is 0.948. The number of rotatable bonds is 4. The van der Waals surface area contributed by atoms with Gasteiger partial charge in [0.2, 0.25) is 5.91 Å². The van der Waals surface area contributed by atoms with E-state index in [0.717, 1.165) is 63.3 Å². The molecule has 1 aromatic heterocycles. The molecule has 21 heavy (non-hydrogen) atoms. The van der Waals surface area contributed by atoms with E-state index in [1.54, 1.807) is 0 Å². The van der Waals surface area contributed by atoms with Gasteiger partial charge in [-0.3, -0.25) is 4.79 Å². The molecule has 0 aromatic carbocycles. The van der Waals surface area contributed by atoms with Gasteiger partial charge in [-0.2, -0.15) is 0 Å². The van der Waals surface area contributed by atoms with Gasteiger partial charge in [0.15, 0.2) is 5.82 Å². The summed E-state index contributed by atoms with van der Waals surface area (Å²) in [6, 6.07) is 0. The van der Waals surface area contributed by atoms with Gasteiger partial charge in [-0.05, 0) is 44.6 Å². The van der Waals surface area contributed by atoms with Crippen LogP contribution in [0.25, 0.3) is 0 Å². The largest absolute Gasteiger partial charge is 0.338 e. The highest BCUT2D eigenvalue weighted by Gasteiger charge is 2.28. The first-order valence-electron chi connectivity index (χ1n) is 8.05. The second kappa shape index (κ2) is 6.13. The van der Waals surface area contributed by atoms with Crippen molar-refractivity contribution in [1.29, 1.82) is 0 Å². The average molecular weight is 291 g/mol.